The van der Waals surface area contributed by atoms with E-state index in [0.29, 0.717) is 6.73 Å². The normalized spacial score (nSPS) is 25.2. The molecule has 1 rings (SSSR count). The summed E-state index contributed by atoms with van der Waals surface area (Å²) in [7, 11) is 1.58. The molecule has 1 saturated heterocycles. The van der Waals surface area contributed by atoms with E-state index in [1.54, 1.807) is 12.0 Å². The van der Waals surface area contributed by atoms with Crippen molar-refractivity contribution in [3.8, 4) is 0 Å². The highest BCUT2D eigenvalue weighted by atomic mass is 16.5. The van der Waals surface area contributed by atoms with Crippen LogP contribution < -0.4 is 5.32 Å². The second kappa shape index (κ2) is 2.88. The van der Waals surface area contributed by atoms with E-state index in [-0.39, 0.29) is 12.1 Å². The fourth-order valence-electron chi connectivity index (χ4n) is 0.972. The number of methoxy groups -OCH3 is 1. The number of hydrogen-bond acceptors (Lipinski definition) is 2. The third-order valence-electron chi connectivity index (χ3n) is 1.61. The van der Waals surface area contributed by atoms with Gasteiger partial charge in [-0.1, -0.05) is 0 Å². The maximum Gasteiger partial charge on any atom is 0.319 e. The van der Waals surface area contributed by atoms with Gasteiger partial charge in [0, 0.05) is 13.7 Å². The molecule has 0 radical (unpaired) electrons. The minimum Gasteiger partial charge on any atom is -0.364 e. The van der Waals surface area contributed by atoms with Crippen molar-refractivity contribution in [2.24, 2.45) is 0 Å². The van der Waals surface area contributed by atoms with Gasteiger partial charge in [-0.25, -0.2) is 4.79 Å². The number of carbonyl (C=O) groups is 1. The monoisotopic (exact) mass is 144 g/mol. The van der Waals surface area contributed by atoms with Gasteiger partial charge in [-0.05, 0) is 6.92 Å². The third kappa shape index (κ3) is 1.21. The molecule has 1 aliphatic heterocycles. The molecule has 0 aromatic heterocycles. The van der Waals surface area contributed by atoms with Crippen molar-refractivity contribution in [1.29, 1.82) is 0 Å². The summed E-state index contributed by atoms with van der Waals surface area (Å²) in [4.78, 5) is 12.6. The molecular weight excluding hydrogens is 132 g/mol. The lowest BCUT2D eigenvalue weighted by Crippen LogP contribution is -2.33. The zero-order valence-electron chi connectivity index (χ0n) is 6.26. The molecule has 0 aromatic carbocycles. The van der Waals surface area contributed by atoms with Crippen LogP contribution in [0.4, 0.5) is 4.79 Å². The highest BCUT2D eigenvalue weighted by molar-refractivity contribution is 5.76. The van der Waals surface area contributed by atoms with Crippen molar-refractivity contribution in [3.63, 3.8) is 0 Å². The third-order valence-corrected chi connectivity index (χ3v) is 1.61. The summed E-state index contributed by atoms with van der Waals surface area (Å²) in [6.07, 6.45) is 0. The Balaban J connectivity index is 2.46. The molecule has 1 heterocycles. The fraction of sp³-hybridized carbons (Fsp3) is 0.833. The minimum absolute atomic E-state index is 0.0330. The predicted octanol–water partition coefficient (Wildman–Crippen LogP) is 0.00400. The van der Waals surface area contributed by atoms with Gasteiger partial charge in [0.1, 0.15) is 6.73 Å². The van der Waals surface area contributed by atoms with Crippen molar-refractivity contribution in [3.05, 3.63) is 0 Å². The van der Waals surface area contributed by atoms with Gasteiger partial charge in [0.2, 0.25) is 0 Å². The van der Waals surface area contributed by atoms with E-state index in [4.69, 9.17) is 4.74 Å². The van der Waals surface area contributed by atoms with Crippen molar-refractivity contribution >= 4 is 6.03 Å². The van der Waals surface area contributed by atoms with Gasteiger partial charge in [-0.3, -0.25) is 4.90 Å². The van der Waals surface area contributed by atoms with E-state index >= 15 is 0 Å². The van der Waals surface area contributed by atoms with Gasteiger partial charge in [0.05, 0.1) is 6.04 Å². The molecule has 0 spiro atoms. The van der Waals surface area contributed by atoms with Gasteiger partial charge >= 0.3 is 6.03 Å². The fourth-order valence-corrected chi connectivity index (χ4v) is 0.972. The molecule has 0 aliphatic carbocycles. The highest BCUT2D eigenvalue weighted by Crippen LogP contribution is 2.04. The van der Waals surface area contributed by atoms with Crippen molar-refractivity contribution < 1.29 is 9.53 Å². The maximum absolute atomic E-state index is 10.9. The molecular formula is C6H12N2O2. The van der Waals surface area contributed by atoms with E-state index in [1.807, 2.05) is 6.92 Å². The van der Waals surface area contributed by atoms with Crippen molar-refractivity contribution in [2.75, 3.05) is 20.4 Å². The van der Waals surface area contributed by atoms with E-state index < -0.39 is 0 Å². The van der Waals surface area contributed by atoms with Gasteiger partial charge in [0.25, 0.3) is 0 Å². The van der Waals surface area contributed by atoms with Gasteiger partial charge in [0.15, 0.2) is 0 Å². The van der Waals surface area contributed by atoms with Crippen LogP contribution in [0.15, 0.2) is 0 Å². The molecule has 0 aromatic rings. The molecule has 1 fully saturated rings. The van der Waals surface area contributed by atoms with Crippen LogP contribution in [-0.4, -0.2) is 37.4 Å². The lowest BCUT2D eigenvalue weighted by Gasteiger charge is -2.17. The molecule has 10 heavy (non-hydrogen) atoms. The molecule has 1 N–H and O–H groups in total. The summed E-state index contributed by atoms with van der Waals surface area (Å²) in [5.41, 5.74) is 0. The molecule has 4 heteroatoms. The zero-order valence-corrected chi connectivity index (χ0v) is 6.26. The molecule has 2 amide bonds. The summed E-state index contributed by atoms with van der Waals surface area (Å²) in [6.45, 7) is 3.09. The largest absolute Gasteiger partial charge is 0.364 e. The van der Waals surface area contributed by atoms with Crippen LogP contribution in [0.5, 0.6) is 0 Å². The minimum atomic E-state index is -0.0330. The van der Waals surface area contributed by atoms with Crippen LogP contribution in [0.1, 0.15) is 6.92 Å². The van der Waals surface area contributed by atoms with Crippen molar-refractivity contribution in [2.45, 2.75) is 13.0 Å². The number of hydrogen-bond donors (Lipinski definition) is 1. The van der Waals surface area contributed by atoms with E-state index in [9.17, 15) is 4.79 Å². The maximum atomic E-state index is 10.9. The molecule has 1 aliphatic rings. The average molecular weight is 144 g/mol. The number of ether oxygens (including phenoxy) is 1. The summed E-state index contributed by atoms with van der Waals surface area (Å²) in [5.74, 6) is 0. The first-order valence-electron chi connectivity index (χ1n) is 3.29. The quantitative estimate of drug-likeness (QED) is 0.593. The van der Waals surface area contributed by atoms with Crippen LogP contribution in [0.2, 0.25) is 0 Å². The van der Waals surface area contributed by atoms with Gasteiger partial charge < -0.3 is 10.1 Å². The number of carbonyl (C=O) groups excluding carboxylic acids is 1. The first-order valence-corrected chi connectivity index (χ1v) is 3.29. The van der Waals surface area contributed by atoms with Crippen molar-refractivity contribution in [1.82, 2.24) is 10.2 Å². The first-order chi connectivity index (χ1) is 4.75. The second-order valence-electron chi connectivity index (χ2n) is 2.42. The Morgan fingerprint density at radius 2 is 2.60 bits per heavy atom. The standard InChI is InChI=1S/C6H12N2O2/c1-5-3-7-6(9)8(5)4-10-2/h5H,3-4H2,1-2H3,(H,7,9). The Hall–Kier alpha value is -0.770. The lowest BCUT2D eigenvalue weighted by molar-refractivity contribution is 0.0798. The number of amides is 2. The van der Waals surface area contributed by atoms with Gasteiger partial charge in [-0.15, -0.1) is 0 Å². The molecule has 0 bridgehead atoms. The Bertz CT molecular complexity index is 138. The van der Waals surface area contributed by atoms with Crippen LogP contribution in [0.3, 0.4) is 0 Å². The zero-order chi connectivity index (χ0) is 7.56. The van der Waals surface area contributed by atoms with E-state index in [0.717, 1.165) is 6.54 Å². The summed E-state index contributed by atoms with van der Waals surface area (Å²) < 4.78 is 4.83. The molecule has 1 unspecified atom stereocenters. The molecule has 4 nitrogen and oxygen atoms in total. The predicted molar refractivity (Wildman–Crippen MR) is 36.6 cm³/mol. The Labute approximate surface area is 60.1 Å². The number of rotatable bonds is 2. The van der Waals surface area contributed by atoms with E-state index in [2.05, 4.69) is 5.32 Å². The smallest absolute Gasteiger partial charge is 0.319 e. The van der Waals surface area contributed by atoms with Crippen LogP contribution >= 0.6 is 0 Å². The average Bonchev–Trinajstić information content (AvgIpc) is 2.20. The molecule has 0 saturated carbocycles. The first kappa shape index (κ1) is 7.34. The summed E-state index contributed by atoms with van der Waals surface area (Å²) >= 11 is 0. The van der Waals surface area contributed by atoms with E-state index in [1.165, 1.54) is 0 Å². The molecule has 1 atom stereocenters. The van der Waals surface area contributed by atoms with Crippen LogP contribution in [0, 0.1) is 0 Å². The second-order valence-corrected chi connectivity index (χ2v) is 2.42. The SMILES string of the molecule is COCN1C(=O)NCC1C. The summed E-state index contributed by atoms with van der Waals surface area (Å²) in [5, 5.41) is 2.71. The summed E-state index contributed by atoms with van der Waals surface area (Å²) in [6, 6.07) is 0.224. The van der Waals surface area contributed by atoms with Gasteiger partial charge in [-0.2, -0.15) is 0 Å². The van der Waals surface area contributed by atoms with Crippen LogP contribution in [-0.2, 0) is 4.74 Å². The Morgan fingerprint density at radius 3 is 3.00 bits per heavy atom. The number of nitrogens with zero attached hydrogens (tertiary/aromatic N) is 1. The van der Waals surface area contributed by atoms with Crippen LogP contribution in [0.25, 0.3) is 0 Å². The Kier molecular flexibility index (Phi) is 2.11. The Morgan fingerprint density at radius 1 is 1.90 bits per heavy atom. The number of urea groups is 1. The highest BCUT2D eigenvalue weighted by Gasteiger charge is 2.26. The topological polar surface area (TPSA) is 41.6 Å². The lowest BCUT2D eigenvalue weighted by atomic mass is 10.3. The molecule has 58 valence electrons. The number of nitrogens with one attached hydrogen (secondary N) is 1.